The van der Waals surface area contributed by atoms with Gasteiger partial charge in [-0.15, -0.1) is 0 Å². The van der Waals surface area contributed by atoms with Gasteiger partial charge in [-0.3, -0.25) is 9.59 Å². The summed E-state index contributed by atoms with van der Waals surface area (Å²) in [5.74, 6) is -0.0594. The van der Waals surface area contributed by atoms with Crippen LogP contribution in [0.15, 0.2) is 73.6 Å². The van der Waals surface area contributed by atoms with E-state index in [9.17, 15) is 14.9 Å². The Bertz CT molecular complexity index is 2390. The lowest BCUT2D eigenvalue weighted by molar-refractivity contribution is 0.0992. The number of nitriles is 1. The van der Waals surface area contributed by atoms with Gasteiger partial charge in [-0.05, 0) is 63.9 Å². The first-order valence-corrected chi connectivity index (χ1v) is 17.8. The second-order valence-electron chi connectivity index (χ2n) is 14.6. The largest absolute Gasteiger partial charge is 0.481 e. The van der Waals surface area contributed by atoms with Crippen LogP contribution in [0.3, 0.4) is 0 Å². The molecule has 16 heteroatoms. The third-order valence-corrected chi connectivity index (χ3v) is 10.2. The highest BCUT2D eigenvalue weighted by Crippen LogP contribution is 2.33. The SMILES string of the molecule is COc1ccc(-c2cc3c(N[C@H](C)C(C)(C)C#N)c(C(N)=O)cnn3c2)cn1.COc1ccc(-c2cc3c(N[C@H](C)C(C)(C)CN)c(C(N)=O)cnn3c2)cn1. The van der Waals surface area contributed by atoms with Crippen molar-refractivity contribution in [1.29, 1.82) is 5.26 Å². The van der Waals surface area contributed by atoms with Crippen molar-refractivity contribution in [2.24, 2.45) is 28.0 Å². The maximum atomic E-state index is 12.0. The van der Waals surface area contributed by atoms with Gasteiger partial charge in [0.15, 0.2) is 0 Å². The molecule has 0 aliphatic heterocycles. The number of nitrogens with one attached hydrogen (secondary N) is 2. The molecule has 16 nitrogen and oxygen atoms in total. The summed E-state index contributed by atoms with van der Waals surface area (Å²) in [6, 6.07) is 13.3. The van der Waals surface area contributed by atoms with Gasteiger partial charge in [-0.1, -0.05) is 13.8 Å². The minimum absolute atomic E-state index is 0.00260. The molecule has 0 saturated heterocycles. The molecule has 8 N–H and O–H groups in total. The summed E-state index contributed by atoms with van der Waals surface area (Å²) in [7, 11) is 3.14. The molecule has 6 aromatic heterocycles. The lowest BCUT2D eigenvalue weighted by Gasteiger charge is -2.32. The molecule has 292 valence electrons. The molecular formula is C40H48N12O4. The number of carbonyl (C=O) groups excluding carboxylic acids is 2. The second kappa shape index (κ2) is 16.3. The molecule has 56 heavy (non-hydrogen) atoms. The van der Waals surface area contributed by atoms with Crippen LogP contribution in [0.2, 0.25) is 0 Å². The van der Waals surface area contributed by atoms with E-state index in [0.717, 1.165) is 27.8 Å². The molecule has 6 aromatic rings. The maximum Gasteiger partial charge on any atom is 0.252 e. The predicted molar refractivity (Wildman–Crippen MR) is 215 cm³/mol. The van der Waals surface area contributed by atoms with Crippen molar-refractivity contribution < 1.29 is 19.1 Å². The number of carbonyl (C=O) groups is 2. The maximum absolute atomic E-state index is 12.0. The quantitative estimate of drug-likeness (QED) is 0.103. The normalized spacial score (nSPS) is 12.6. The number of nitrogens with two attached hydrogens (primary N) is 3. The fraction of sp³-hybridized carbons (Fsp3) is 0.325. The summed E-state index contributed by atoms with van der Waals surface area (Å²) in [5, 5.41) is 24.8. The Labute approximate surface area is 325 Å². The van der Waals surface area contributed by atoms with Crippen molar-refractivity contribution in [1.82, 2.24) is 29.2 Å². The van der Waals surface area contributed by atoms with Gasteiger partial charge in [0.05, 0.1) is 71.6 Å². The lowest BCUT2D eigenvalue weighted by atomic mass is 9.85. The Balaban J connectivity index is 0.000000214. The first-order chi connectivity index (χ1) is 26.5. The molecule has 0 aliphatic carbocycles. The van der Waals surface area contributed by atoms with Gasteiger partial charge in [0.2, 0.25) is 11.8 Å². The third kappa shape index (κ3) is 8.48. The van der Waals surface area contributed by atoms with E-state index >= 15 is 0 Å². The van der Waals surface area contributed by atoms with E-state index < -0.39 is 17.2 Å². The van der Waals surface area contributed by atoms with Crippen LogP contribution in [0.5, 0.6) is 11.8 Å². The van der Waals surface area contributed by atoms with Gasteiger partial charge in [0.25, 0.3) is 11.8 Å². The molecule has 6 heterocycles. The van der Waals surface area contributed by atoms with Crippen molar-refractivity contribution in [2.45, 2.75) is 53.6 Å². The van der Waals surface area contributed by atoms with Crippen molar-refractivity contribution in [3.8, 4) is 40.1 Å². The molecule has 0 saturated carbocycles. The minimum Gasteiger partial charge on any atom is -0.481 e. The molecule has 0 bridgehead atoms. The zero-order valence-corrected chi connectivity index (χ0v) is 32.8. The fourth-order valence-corrected chi connectivity index (χ4v) is 5.53. The molecule has 0 unspecified atom stereocenters. The van der Waals surface area contributed by atoms with E-state index in [-0.39, 0.29) is 23.1 Å². The number of pyridine rings is 2. The number of hydrogen-bond acceptors (Lipinski definition) is 12. The van der Waals surface area contributed by atoms with Gasteiger partial charge < -0.3 is 37.3 Å². The first kappa shape index (κ1) is 40.5. The number of primary amides is 2. The predicted octanol–water partition coefficient (Wildman–Crippen LogP) is 5.14. The van der Waals surface area contributed by atoms with Crippen LogP contribution >= 0.6 is 0 Å². The van der Waals surface area contributed by atoms with Crippen LogP contribution in [-0.4, -0.2) is 73.9 Å². The smallest absolute Gasteiger partial charge is 0.252 e. The molecular weight excluding hydrogens is 713 g/mol. The van der Waals surface area contributed by atoms with E-state index in [1.807, 2.05) is 64.4 Å². The molecule has 2 atom stereocenters. The zero-order valence-electron chi connectivity index (χ0n) is 32.8. The topological polar surface area (TPSA) is 239 Å². The minimum atomic E-state index is -0.648. The number of rotatable bonds is 13. The van der Waals surface area contributed by atoms with Crippen LogP contribution in [0.4, 0.5) is 11.4 Å². The summed E-state index contributed by atoms with van der Waals surface area (Å²) in [6.45, 7) is 12.2. The highest BCUT2D eigenvalue weighted by molar-refractivity contribution is 6.03. The second-order valence-corrected chi connectivity index (χ2v) is 14.6. The van der Waals surface area contributed by atoms with Gasteiger partial charge in [0.1, 0.15) is 0 Å². The molecule has 2 amide bonds. The number of nitrogens with zero attached hydrogens (tertiary/aromatic N) is 7. The van der Waals surface area contributed by atoms with E-state index in [0.29, 0.717) is 40.8 Å². The Hall–Kier alpha value is -6.73. The van der Waals surface area contributed by atoms with Crippen LogP contribution in [-0.2, 0) is 0 Å². The lowest BCUT2D eigenvalue weighted by Crippen LogP contribution is -2.40. The Morgan fingerprint density at radius 1 is 0.750 bits per heavy atom. The standard InChI is InChI=1S/C20H26N6O2.C20H22N6O2/c2*1-12(20(2,3)11-21)25-18-15(19(22)27)9-24-26-10-14(7-16(18)26)13-5-6-17(28-4)23-8-13/h5-10,12,25H,11,21H2,1-4H3,(H2,22,27);5-10,12,25H,1-4H3,(H2,22,27)/t2*12-/m11/s1. The molecule has 0 fully saturated rings. The van der Waals surface area contributed by atoms with Gasteiger partial charge in [-0.25, -0.2) is 19.0 Å². The Morgan fingerprint density at radius 3 is 1.52 bits per heavy atom. The average molecular weight is 761 g/mol. The van der Waals surface area contributed by atoms with Crippen molar-refractivity contribution >= 4 is 34.2 Å². The van der Waals surface area contributed by atoms with Crippen LogP contribution < -0.4 is 37.3 Å². The summed E-state index contributed by atoms with van der Waals surface area (Å²) in [5.41, 5.74) is 23.0. The summed E-state index contributed by atoms with van der Waals surface area (Å²) >= 11 is 0. The van der Waals surface area contributed by atoms with E-state index in [1.54, 1.807) is 47.8 Å². The molecule has 0 spiro atoms. The van der Waals surface area contributed by atoms with Gasteiger partial charge in [0, 0.05) is 71.3 Å². The average Bonchev–Trinajstić information content (AvgIpc) is 3.84. The summed E-state index contributed by atoms with van der Waals surface area (Å²) < 4.78 is 13.6. The van der Waals surface area contributed by atoms with E-state index in [2.05, 4.69) is 50.7 Å². The molecule has 6 rings (SSSR count). The van der Waals surface area contributed by atoms with Gasteiger partial charge in [-0.2, -0.15) is 15.5 Å². The number of amides is 2. The first-order valence-electron chi connectivity index (χ1n) is 17.8. The Kier molecular flexibility index (Phi) is 11.8. The number of hydrogen-bond donors (Lipinski definition) is 5. The number of anilines is 2. The zero-order chi connectivity index (χ0) is 40.9. The van der Waals surface area contributed by atoms with E-state index in [4.69, 9.17) is 26.7 Å². The number of ether oxygens (including phenoxy) is 2. The molecule has 0 aliphatic rings. The monoisotopic (exact) mass is 760 g/mol. The molecule has 0 radical (unpaired) electrons. The third-order valence-electron chi connectivity index (χ3n) is 10.2. The van der Waals surface area contributed by atoms with E-state index in [1.165, 1.54) is 12.4 Å². The van der Waals surface area contributed by atoms with Crippen LogP contribution in [0, 0.1) is 22.2 Å². The van der Waals surface area contributed by atoms with Crippen LogP contribution in [0.25, 0.3) is 33.3 Å². The highest BCUT2D eigenvalue weighted by Gasteiger charge is 2.29. The summed E-state index contributed by atoms with van der Waals surface area (Å²) in [6.07, 6.45) is 10.1. The fourth-order valence-electron chi connectivity index (χ4n) is 5.53. The summed E-state index contributed by atoms with van der Waals surface area (Å²) in [4.78, 5) is 32.4. The van der Waals surface area contributed by atoms with Crippen molar-refractivity contribution in [2.75, 3.05) is 31.4 Å². The highest BCUT2D eigenvalue weighted by atomic mass is 16.5. The number of aromatic nitrogens is 6. The Morgan fingerprint density at radius 2 is 1.18 bits per heavy atom. The van der Waals surface area contributed by atoms with Crippen molar-refractivity contribution in [3.63, 3.8) is 0 Å². The number of methoxy groups -OCH3 is 2. The number of fused-ring (bicyclic) bond motifs is 2. The van der Waals surface area contributed by atoms with Gasteiger partial charge >= 0.3 is 0 Å². The van der Waals surface area contributed by atoms with Crippen molar-refractivity contribution in [3.05, 3.63) is 84.7 Å². The van der Waals surface area contributed by atoms with Crippen LogP contribution in [0.1, 0.15) is 62.3 Å². The molecule has 0 aromatic carbocycles.